The third kappa shape index (κ3) is 4.46. The van der Waals surface area contributed by atoms with Gasteiger partial charge in [0.1, 0.15) is 5.94 Å². The zero-order valence-electron chi connectivity index (χ0n) is 7.79. The first-order valence-corrected chi connectivity index (χ1v) is 5.31. The van der Waals surface area contributed by atoms with Gasteiger partial charge in [0, 0.05) is 13.1 Å². The average Bonchev–Trinajstić information content (AvgIpc) is 2.07. The molecule has 0 heterocycles. The number of thioether (sulfide) groups is 1. The molecule has 0 bridgehead atoms. The van der Waals surface area contributed by atoms with Gasteiger partial charge in [0.25, 0.3) is 0 Å². The van der Waals surface area contributed by atoms with Crippen LogP contribution >= 0.6 is 11.8 Å². The van der Waals surface area contributed by atoms with E-state index >= 15 is 0 Å². The van der Waals surface area contributed by atoms with Crippen molar-refractivity contribution in [3.63, 3.8) is 0 Å². The lowest BCUT2D eigenvalue weighted by Gasteiger charge is -2.18. The summed E-state index contributed by atoms with van der Waals surface area (Å²) in [4.78, 5) is 17.7. The van der Waals surface area contributed by atoms with Gasteiger partial charge in [0.2, 0.25) is 0 Å². The van der Waals surface area contributed by atoms with Crippen molar-refractivity contribution in [1.29, 1.82) is 0 Å². The van der Waals surface area contributed by atoms with Crippen molar-refractivity contribution < 1.29 is 9.63 Å². The molecule has 0 radical (unpaired) electrons. The first-order valence-electron chi connectivity index (χ1n) is 3.91. The van der Waals surface area contributed by atoms with E-state index in [9.17, 15) is 4.79 Å². The van der Waals surface area contributed by atoms with Crippen molar-refractivity contribution in [3.05, 3.63) is 0 Å². The highest BCUT2D eigenvalue weighted by atomic mass is 32.2. The molecule has 0 atom stereocenters. The first-order chi connectivity index (χ1) is 5.76. The molecular weight excluding hydrogens is 176 g/mol. The summed E-state index contributed by atoms with van der Waals surface area (Å²) in [6.07, 6.45) is 1.91. The maximum atomic E-state index is 11.2. The lowest BCUT2D eigenvalue weighted by atomic mass is 10.5. The second-order valence-electron chi connectivity index (χ2n) is 2.13. The van der Waals surface area contributed by atoms with Crippen LogP contribution in [-0.4, -0.2) is 36.2 Å². The third-order valence-electron chi connectivity index (χ3n) is 1.39. The Balaban J connectivity index is 3.54. The molecule has 0 fully saturated rings. The number of nitrogens with one attached hydrogen (secondary N) is 1. The Labute approximate surface area is 77.6 Å². The molecule has 0 aliphatic heterocycles. The first kappa shape index (κ1) is 11.6. The van der Waals surface area contributed by atoms with E-state index in [-0.39, 0.29) is 6.03 Å². The molecule has 12 heavy (non-hydrogen) atoms. The standard InChI is InChI=1S/C7H16N2O2S/c1-4-9(5-2)7(10)8-11-6-12-3/h4-6H2,1-3H3,(H,8,10). The lowest BCUT2D eigenvalue weighted by Crippen LogP contribution is -2.39. The van der Waals surface area contributed by atoms with Gasteiger partial charge in [-0.05, 0) is 20.1 Å². The second kappa shape index (κ2) is 7.24. The summed E-state index contributed by atoms with van der Waals surface area (Å²) in [5.41, 5.74) is 2.35. The molecule has 0 unspecified atom stereocenters. The minimum absolute atomic E-state index is 0.172. The van der Waals surface area contributed by atoms with Crippen molar-refractivity contribution in [1.82, 2.24) is 10.4 Å². The second-order valence-corrected chi connectivity index (χ2v) is 2.94. The fourth-order valence-electron chi connectivity index (χ4n) is 0.725. The number of amides is 2. The van der Waals surface area contributed by atoms with Gasteiger partial charge in [-0.2, -0.15) is 0 Å². The lowest BCUT2D eigenvalue weighted by molar-refractivity contribution is 0.0792. The summed E-state index contributed by atoms with van der Waals surface area (Å²) in [5, 5.41) is 0. The van der Waals surface area contributed by atoms with E-state index in [1.165, 1.54) is 11.8 Å². The van der Waals surface area contributed by atoms with Gasteiger partial charge >= 0.3 is 6.03 Å². The Morgan fingerprint density at radius 2 is 2.08 bits per heavy atom. The Kier molecular flexibility index (Phi) is 6.99. The maximum absolute atomic E-state index is 11.2. The summed E-state index contributed by atoms with van der Waals surface area (Å²) < 4.78 is 0. The highest BCUT2D eigenvalue weighted by molar-refractivity contribution is 7.98. The maximum Gasteiger partial charge on any atom is 0.341 e. The van der Waals surface area contributed by atoms with E-state index in [2.05, 4.69) is 5.48 Å². The van der Waals surface area contributed by atoms with Crippen LogP contribution < -0.4 is 5.48 Å². The number of hydroxylamine groups is 1. The van der Waals surface area contributed by atoms with E-state index in [1.54, 1.807) is 4.90 Å². The Bertz CT molecular complexity index is 129. The van der Waals surface area contributed by atoms with E-state index in [0.29, 0.717) is 19.0 Å². The SMILES string of the molecule is CCN(CC)C(=O)NOCSC. The summed E-state index contributed by atoms with van der Waals surface area (Å²) in [6, 6.07) is -0.172. The largest absolute Gasteiger partial charge is 0.341 e. The van der Waals surface area contributed by atoms with Crippen molar-refractivity contribution in [3.8, 4) is 0 Å². The van der Waals surface area contributed by atoms with Crippen molar-refractivity contribution in [2.24, 2.45) is 0 Å². The van der Waals surface area contributed by atoms with Crippen LogP contribution in [-0.2, 0) is 4.84 Å². The molecule has 1 N–H and O–H groups in total. The topological polar surface area (TPSA) is 41.6 Å². The molecule has 5 heteroatoms. The molecular formula is C7H16N2O2S. The van der Waals surface area contributed by atoms with Crippen LogP contribution in [0.2, 0.25) is 0 Å². The smallest absolute Gasteiger partial charge is 0.324 e. The summed E-state index contributed by atoms with van der Waals surface area (Å²) in [7, 11) is 0. The summed E-state index contributed by atoms with van der Waals surface area (Å²) in [6.45, 7) is 5.26. The molecule has 0 aromatic carbocycles. The number of hydrogen-bond donors (Lipinski definition) is 1. The van der Waals surface area contributed by atoms with Gasteiger partial charge in [-0.1, -0.05) is 0 Å². The van der Waals surface area contributed by atoms with Gasteiger partial charge in [0.15, 0.2) is 0 Å². The predicted molar refractivity (Wildman–Crippen MR) is 50.9 cm³/mol. The van der Waals surface area contributed by atoms with Crippen LogP contribution in [0.3, 0.4) is 0 Å². The molecule has 72 valence electrons. The van der Waals surface area contributed by atoms with E-state index < -0.39 is 0 Å². The third-order valence-corrected chi connectivity index (χ3v) is 1.74. The molecule has 0 spiro atoms. The summed E-state index contributed by atoms with van der Waals surface area (Å²) >= 11 is 1.52. The Morgan fingerprint density at radius 1 is 1.50 bits per heavy atom. The van der Waals surface area contributed by atoms with Crippen LogP contribution in [0.25, 0.3) is 0 Å². The predicted octanol–water partition coefficient (Wildman–Crippen LogP) is 1.29. The van der Waals surface area contributed by atoms with Crippen LogP contribution in [0.15, 0.2) is 0 Å². The quantitative estimate of drug-likeness (QED) is 0.405. The molecule has 2 amide bonds. The monoisotopic (exact) mass is 192 g/mol. The fourth-order valence-corrected chi connectivity index (χ4v) is 0.902. The molecule has 0 aromatic rings. The van der Waals surface area contributed by atoms with Crippen LogP contribution in [0.5, 0.6) is 0 Å². The normalized spacial score (nSPS) is 9.58. The zero-order valence-corrected chi connectivity index (χ0v) is 8.61. The number of carbonyl (C=O) groups excluding carboxylic acids is 1. The number of urea groups is 1. The Morgan fingerprint density at radius 3 is 2.50 bits per heavy atom. The number of hydrogen-bond acceptors (Lipinski definition) is 3. The highest BCUT2D eigenvalue weighted by Gasteiger charge is 2.07. The van der Waals surface area contributed by atoms with Crippen molar-refractivity contribution in [2.75, 3.05) is 25.3 Å². The average molecular weight is 192 g/mol. The fraction of sp³-hybridized carbons (Fsp3) is 0.857. The van der Waals surface area contributed by atoms with Gasteiger partial charge in [0.05, 0.1) is 0 Å². The van der Waals surface area contributed by atoms with E-state index in [0.717, 1.165) is 0 Å². The Hall–Kier alpha value is -0.420. The van der Waals surface area contributed by atoms with Crippen molar-refractivity contribution >= 4 is 17.8 Å². The van der Waals surface area contributed by atoms with Gasteiger partial charge < -0.3 is 4.90 Å². The van der Waals surface area contributed by atoms with E-state index in [4.69, 9.17) is 4.84 Å². The van der Waals surface area contributed by atoms with Crippen molar-refractivity contribution in [2.45, 2.75) is 13.8 Å². The molecule has 0 saturated heterocycles. The molecule has 0 aromatic heterocycles. The molecule has 0 saturated carbocycles. The highest BCUT2D eigenvalue weighted by Crippen LogP contribution is 1.91. The molecule has 0 rings (SSSR count). The molecule has 0 aliphatic carbocycles. The minimum atomic E-state index is -0.172. The number of nitrogens with zero attached hydrogens (tertiary/aromatic N) is 1. The van der Waals surface area contributed by atoms with Crippen LogP contribution in [0.1, 0.15) is 13.8 Å². The van der Waals surface area contributed by atoms with E-state index in [1.807, 2.05) is 20.1 Å². The number of carbonyl (C=O) groups is 1. The van der Waals surface area contributed by atoms with Crippen LogP contribution in [0.4, 0.5) is 4.79 Å². The summed E-state index contributed by atoms with van der Waals surface area (Å²) in [5.74, 6) is 0.479. The van der Waals surface area contributed by atoms with Gasteiger partial charge in [-0.3, -0.25) is 4.84 Å². The van der Waals surface area contributed by atoms with Crippen LogP contribution in [0, 0.1) is 0 Å². The molecule has 0 aliphatic rings. The zero-order chi connectivity index (χ0) is 9.40. The van der Waals surface area contributed by atoms with Gasteiger partial charge in [-0.25, -0.2) is 10.3 Å². The number of rotatable bonds is 5. The van der Waals surface area contributed by atoms with Gasteiger partial charge in [-0.15, -0.1) is 11.8 Å². The molecule has 4 nitrogen and oxygen atoms in total. The minimum Gasteiger partial charge on any atom is -0.324 e.